The van der Waals surface area contributed by atoms with E-state index in [0.717, 1.165) is 11.4 Å². The van der Waals surface area contributed by atoms with Gasteiger partial charge in [0.1, 0.15) is 5.69 Å². The summed E-state index contributed by atoms with van der Waals surface area (Å²) in [6.07, 6.45) is 0. The lowest BCUT2D eigenvalue weighted by Gasteiger charge is -2.13. The molecule has 9 heteroatoms. The van der Waals surface area contributed by atoms with Crippen LogP contribution in [0.3, 0.4) is 0 Å². The fraction of sp³-hybridized carbons (Fsp3) is 0.333. The lowest BCUT2D eigenvalue weighted by atomic mass is 10.2. The Bertz CT molecular complexity index is 905. The van der Waals surface area contributed by atoms with Gasteiger partial charge in [-0.25, -0.2) is 4.79 Å². The van der Waals surface area contributed by atoms with Gasteiger partial charge in [0, 0.05) is 28.5 Å². The second-order valence-electron chi connectivity index (χ2n) is 6.29. The fourth-order valence-corrected chi connectivity index (χ4v) is 3.11. The summed E-state index contributed by atoms with van der Waals surface area (Å²) >= 11 is 5.81. The highest BCUT2D eigenvalue weighted by atomic mass is 35.5. The standard InChI is InChI=1S/C18H20ClN3O5/c1-10(2)21-11(3)7-14(12(21)4)18(24)27-9-17(23)20-15-8-13(19)5-6-16(15)22(25)26/h5-8,10H,9H2,1-4H3,(H,20,23). The third kappa shape index (κ3) is 4.65. The molecule has 0 saturated heterocycles. The van der Waals surface area contributed by atoms with Gasteiger partial charge in [0.05, 0.1) is 10.5 Å². The molecule has 0 atom stereocenters. The highest BCUT2D eigenvalue weighted by Gasteiger charge is 2.20. The molecule has 2 aromatic rings. The lowest BCUT2D eigenvalue weighted by molar-refractivity contribution is -0.383. The summed E-state index contributed by atoms with van der Waals surface area (Å²) in [5.41, 5.74) is 1.67. The van der Waals surface area contributed by atoms with Crippen molar-refractivity contribution in [2.75, 3.05) is 11.9 Å². The van der Waals surface area contributed by atoms with Crippen LogP contribution in [-0.2, 0) is 9.53 Å². The Balaban J connectivity index is 2.07. The molecule has 1 aromatic carbocycles. The largest absolute Gasteiger partial charge is 0.452 e. The summed E-state index contributed by atoms with van der Waals surface area (Å²) in [7, 11) is 0. The molecular weight excluding hydrogens is 374 g/mol. The molecule has 144 valence electrons. The quantitative estimate of drug-likeness (QED) is 0.453. The minimum Gasteiger partial charge on any atom is -0.452 e. The van der Waals surface area contributed by atoms with E-state index in [4.69, 9.17) is 16.3 Å². The minimum absolute atomic E-state index is 0.0634. The second-order valence-corrected chi connectivity index (χ2v) is 6.73. The summed E-state index contributed by atoms with van der Waals surface area (Å²) in [6.45, 7) is 7.11. The van der Waals surface area contributed by atoms with Crippen molar-refractivity contribution in [1.29, 1.82) is 0 Å². The van der Waals surface area contributed by atoms with E-state index in [2.05, 4.69) is 5.32 Å². The summed E-state index contributed by atoms with van der Waals surface area (Å²) < 4.78 is 7.05. The van der Waals surface area contributed by atoms with E-state index in [-0.39, 0.29) is 22.4 Å². The number of rotatable bonds is 6. The van der Waals surface area contributed by atoms with Gasteiger partial charge in [0.2, 0.25) is 0 Å². The Hall–Kier alpha value is -2.87. The fourth-order valence-electron chi connectivity index (χ4n) is 2.94. The van der Waals surface area contributed by atoms with Crippen LogP contribution in [0.25, 0.3) is 0 Å². The van der Waals surface area contributed by atoms with Gasteiger partial charge >= 0.3 is 5.97 Å². The number of nitrogens with zero attached hydrogens (tertiary/aromatic N) is 2. The van der Waals surface area contributed by atoms with Gasteiger partial charge < -0.3 is 14.6 Å². The number of ether oxygens (including phenoxy) is 1. The average Bonchev–Trinajstić information content (AvgIpc) is 2.87. The first-order chi connectivity index (χ1) is 12.6. The number of aromatic nitrogens is 1. The average molecular weight is 394 g/mol. The third-order valence-electron chi connectivity index (χ3n) is 3.98. The maximum atomic E-state index is 12.3. The molecule has 0 fully saturated rings. The number of anilines is 1. The summed E-state index contributed by atoms with van der Waals surface area (Å²) in [6, 6.07) is 5.68. The molecule has 27 heavy (non-hydrogen) atoms. The van der Waals surface area contributed by atoms with Crippen LogP contribution < -0.4 is 5.32 Å². The smallest absolute Gasteiger partial charge is 0.340 e. The number of amides is 1. The zero-order valence-corrected chi connectivity index (χ0v) is 16.2. The van der Waals surface area contributed by atoms with Gasteiger partial charge in [0.25, 0.3) is 11.6 Å². The van der Waals surface area contributed by atoms with Crippen LogP contribution in [0.5, 0.6) is 0 Å². The summed E-state index contributed by atoms with van der Waals surface area (Å²) in [5, 5.41) is 13.6. The number of carbonyl (C=O) groups is 2. The van der Waals surface area contributed by atoms with Crippen LogP contribution in [0.1, 0.15) is 41.6 Å². The number of halogens is 1. The molecule has 2 rings (SSSR count). The second kappa shape index (κ2) is 8.22. The number of nitro benzene ring substituents is 1. The van der Waals surface area contributed by atoms with E-state index in [1.165, 1.54) is 18.2 Å². The van der Waals surface area contributed by atoms with Crippen molar-refractivity contribution in [2.24, 2.45) is 0 Å². The number of aryl methyl sites for hydroxylation is 1. The Kier molecular flexibility index (Phi) is 6.22. The number of nitrogens with one attached hydrogen (secondary N) is 1. The van der Waals surface area contributed by atoms with E-state index in [0.29, 0.717) is 5.56 Å². The molecule has 1 N–H and O–H groups in total. The topological polar surface area (TPSA) is 103 Å². The molecule has 0 aliphatic carbocycles. The number of hydrogen-bond acceptors (Lipinski definition) is 5. The molecule has 0 aliphatic rings. The van der Waals surface area contributed by atoms with Crippen LogP contribution in [0.4, 0.5) is 11.4 Å². The first-order valence-electron chi connectivity index (χ1n) is 8.21. The number of nitro groups is 1. The Morgan fingerprint density at radius 2 is 1.96 bits per heavy atom. The van der Waals surface area contributed by atoms with E-state index in [9.17, 15) is 19.7 Å². The number of hydrogen-bond donors (Lipinski definition) is 1. The predicted octanol–water partition coefficient (Wildman–Crippen LogP) is 4.04. The highest BCUT2D eigenvalue weighted by Crippen LogP contribution is 2.27. The zero-order chi connectivity index (χ0) is 20.3. The van der Waals surface area contributed by atoms with Gasteiger partial charge in [-0.05, 0) is 45.9 Å². The Labute approximate surface area is 161 Å². The predicted molar refractivity (Wildman–Crippen MR) is 101 cm³/mol. The first-order valence-corrected chi connectivity index (χ1v) is 8.59. The summed E-state index contributed by atoms with van der Waals surface area (Å²) in [4.78, 5) is 34.7. The van der Waals surface area contributed by atoms with Gasteiger partial charge in [-0.3, -0.25) is 14.9 Å². The molecule has 8 nitrogen and oxygen atoms in total. The van der Waals surface area contributed by atoms with Crippen molar-refractivity contribution < 1.29 is 19.2 Å². The van der Waals surface area contributed by atoms with Crippen LogP contribution >= 0.6 is 11.6 Å². The van der Waals surface area contributed by atoms with Gasteiger partial charge in [-0.2, -0.15) is 0 Å². The number of esters is 1. The van der Waals surface area contributed by atoms with Crippen molar-refractivity contribution in [3.8, 4) is 0 Å². The maximum absolute atomic E-state index is 12.3. The van der Waals surface area contributed by atoms with Crippen molar-refractivity contribution in [3.05, 3.63) is 56.4 Å². The van der Waals surface area contributed by atoms with Crippen LogP contribution in [0.2, 0.25) is 5.02 Å². The van der Waals surface area contributed by atoms with Gasteiger partial charge in [-0.15, -0.1) is 0 Å². The van der Waals surface area contributed by atoms with Gasteiger partial charge in [0.15, 0.2) is 6.61 Å². The normalized spacial score (nSPS) is 10.7. The van der Waals surface area contributed by atoms with E-state index < -0.39 is 23.4 Å². The van der Waals surface area contributed by atoms with Gasteiger partial charge in [-0.1, -0.05) is 11.6 Å². The monoisotopic (exact) mass is 393 g/mol. The summed E-state index contributed by atoms with van der Waals surface area (Å²) in [5.74, 6) is -1.34. The highest BCUT2D eigenvalue weighted by molar-refractivity contribution is 6.31. The SMILES string of the molecule is Cc1cc(C(=O)OCC(=O)Nc2cc(Cl)ccc2[N+](=O)[O-])c(C)n1C(C)C. The molecule has 1 heterocycles. The van der Waals surface area contributed by atoms with Crippen molar-refractivity contribution in [2.45, 2.75) is 33.7 Å². The van der Waals surface area contributed by atoms with Crippen LogP contribution in [0, 0.1) is 24.0 Å². The zero-order valence-electron chi connectivity index (χ0n) is 15.4. The van der Waals surface area contributed by atoms with E-state index in [1.54, 1.807) is 13.0 Å². The molecule has 0 radical (unpaired) electrons. The number of carbonyl (C=O) groups excluding carboxylic acids is 2. The molecule has 1 aromatic heterocycles. The number of benzene rings is 1. The molecule has 0 saturated carbocycles. The van der Waals surface area contributed by atoms with Crippen LogP contribution in [0.15, 0.2) is 24.3 Å². The molecule has 0 spiro atoms. The third-order valence-corrected chi connectivity index (χ3v) is 4.22. The molecule has 0 aliphatic heterocycles. The maximum Gasteiger partial charge on any atom is 0.340 e. The molecule has 1 amide bonds. The van der Waals surface area contributed by atoms with Crippen LogP contribution in [-0.4, -0.2) is 28.0 Å². The molecular formula is C18H20ClN3O5. The van der Waals surface area contributed by atoms with Crippen molar-refractivity contribution >= 4 is 34.9 Å². The molecule has 0 bridgehead atoms. The van der Waals surface area contributed by atoms with E-state index in [1.807, 2.05) is 25.3 Å². The van der Waals surface area contributed by atoms with Crippen molar-refractivity contribution in [1.82, 2.24) is 4.57 Å². The Morgan fingerprint density at radius 3 is 2.52 bits per heavy atom. The molecule has 0 unspecified atom stereocenters. The lowest BCUT2D eigenvalue weighted by Crippen LogP contribution is -2.21. The Morgan fingerprint density at radius 1 is 1.30 bits per heavy atom. The first kappa shape index (κ1) is 20.4. The van der Waals surface area contributed by atoms with E-state index >= 15 is 0 Å². The minimum atomic E-state index is -0.702. The van der Waals surface area contributed by atoms with Crippen molar-refractivity contribution in [3.63, 3.8) is 0 Å².